The molecule has 1 saturated heterocycles. The molecule has 1 aliphatic heterocycles. The summed E-state index contributed by atoms with van der Waals surface area (Å²) in [6, 6.07) is 9.90. The van der Waals surface area contributed by atoms with Crippen LogP contribution in [0.5, 0.6) is 0 Å². The molecular weight excluding hydrogens is 312 g/mol. The molecule has 0 saturated carbocycles. The lowest BCUT2D eigenvalue weighted by atomic mass is 10.0. The van der Waals surface area contributed by atoms with Gasteiger partial charge in [-0.15, -0.1) is 0 Å². The van der Waals surface area contributed by atoms with Crippen molar-refractivity contribution >= 4 is 17.5 Å². The fourth-order valence-electron chi connectivity index (χ4n) is 3.02. The van der Waals surface area contributed by atoms with Gasteiger partial charge < -0.3 is 9.80 Å². The summed E-state index contributed by atoms with van der Waals surface area (Å²) in [5, 5.41) is 4.72. The summed E-state index contributed by atoms with van der Waals surface area (Å²) in [5.74, 6) is 0.0757. The molecule has 1 aromatic carbocycles. The van der Waals surface area contributed by atoms with E-state index in [9.17, 15) is 4.79 Å². The number of amides is 1. The van der Waals surface area contributed by atoms with Gasteiger partial charge in [-0.05, 0) is 19.5 Å². The van der Waals surface area contributed by atoms with Crippen molar-refractivity contribution in [1.82, 2.24) is 19.6 Å². The molecule has 3 rings (SSSR count). The summed E-state index contributed by atoms with van der Waals surface area (Å²) in [5.41, 5.74) is 1.16. The molecule has 6 heteroatoms. The molecule has 0 bridgehead atoms. The maximum absolute atomic E-state index is 13.0. The van der Waals surface area contributed by atoms with Crippen molar-refractivity contribution in [2.24, 2.45) is 0 Å². The number of halogens is 1. The van der Waals surface area contributed by atoms with Crippen molar-refractivity contribution in [1.29, 1.82) is 0 Å². The topological polar surface area (TPSA) is 41.4 Å². The number of aromatic nitrogens is 2. The number of carbonyl (C=O) groups is 1. The Kier molecular flexibility index (Phi) is 4.68. The lowest BCUT2D eigenvalue weighted by molar-refractivity contribution is -0.139. The summed E-state index contributed by atoms with van der Waals surface area (Å²) < 4.78 is 1.63. The standard InChI is InChI=1S/C17H21ClN4O/c1-13(22-11-15(18)10-19-22)17(23)21-9-8-20(2)12-16(21)14-6-4-3-5-7-14/h3-7,10-11,13,16H,8-9,12H2,1-2H3/t13-,16-/m1/s1. The minimum Gasteiger partial charge on any atom is -0.331 e. The Morgan fingerprint density at radius 1 is 1.30 bits per heavy atom. The Hall–Kier alpha value is -1.85. The SMILES string of the molecule is C[C@H](C(=O)N1CCN(C)C[C@@H]1c1ccccc1)n1cc(Cl)cn1. The van der Waals surface area contributed by atoms with Crippen molar-refractivity contribution in [3.8, 4) is 0 Å². The third kappa shape index (κ3) is 3.41. The predicted octanol–water partition coefficient (Wildman–Crippen LogP) is 2.61. The first kappa shape index (κ1) is 16.0. The third-order valence-corrected chi connectivity index (χ3v) is 4.57. The van der Waals surface area contributed by atoms with Gasteiger partial charge in [0.2, 0.25) is 5.91 Å². The smallest absolute Gasteiger partial charge is 0.247 e. The zero-order chi connectivity index (χ0) is 16.4. The van der Waals surface area contributed by atoms with Crippen LogP contribution in [0.3, 0.4) is 0 Å². The molecule has 0 N–H and O–H groups in total. The van der Waals surface area contributed by atoms with E-state index in [1.165, 1.54) is 0 Å². The fourth-order valence-corrected chi connectivity index (χ4v) is 3.17. The van der Waals surface area contributed by atoms with Crippen molar-refractivity contribution in [2.45, 2.75) is 19.0 Å². The molecule has 0 unspecified atom stereocenters. The first-order valence-corrected chi connectivity index (χ1v) is 8.17. The molecule has 1 amide bonds. The van der Waals surface area contributed by atoms with Crippen LogP contribution in [0.1, 0.15) is 24.6 Å². The van der Waals surface area contributed by atoms with E-state index in [0.29, 0.717) is 11.6 Å². The molecule has 5 nitrogen and oxygen atoms in total. The van der Waals surface area contributed by atoms with Gasteiger partial charge in [0.15, 0.2) is 0 Å². The van der Waals surface area contributed by atoms with E-state index in [4.69, 9.17) is 11.6 Å². The average molecular weight is 333 g/mol. The summed E-state index contributed by atoms with van der Waals surface area (Å²) in [6.07, 6.45) is 3.25. The van der Waals surface area contributed by atoms with Crippen LogP contribution in [0.15, 0.2) is 42.7 Å². The van der Waals surface area contributed by atoms with Crippen LogP contribution < -0.4 is 0 Å². The molecule has 2 heterocycles. The maximum Gasteiger partial charge on any atom is 0.247 e. The van der Waals surface area contributed by atoms with Gasteiger partial charge in [-0.1, -0.05) is 41.9 Å². The highest BCUT2D eigenvalue weighted by atomic mass is 35.5. The van der Waals surface area contributed by atoms with Gasteiger partial charge in [0, 0.05) is 25.8 Å². The van der Waals surface area contributed by atoms with E-state index in [0.717, 1.165) is 18.7 Å². The van der Waals surface area contributed by atoms with E-state index < -0.39 is 0 Å². The molecule has 1 aromatic heterocycles. The number of carbonyl (C=O) groups excluding carboxylic acids is 1. The first-order valence-electron chi connectivity index (χ1n) is 7.80. The van der Waals surface area contributed by atoms with Crippen molar-refractivity contribution in [2.75, 3.05) is 26.7 Å². The number of hydrogen-bond donors (Lipinski definition) is 0. The number of likely N-dealkylation sites (N-methyl/N-ethyl adjacent to an activating group) is 1. The quantitative estimate of drug-likeness (QED) is 0.867. The van der Waals surface area contributed by atoms with Crippen molar-refractivity contribution in [3.63, 3.8) is 0 Å². The van der Waals surface area contributed by atoms with Gasteiger partial charge in [-0.2, -0.15) is 5.10 Å². The van der Waals surface area contributed by atoms with Gasteiger partial charge >= 0.3 is 0 Å². The molecule has 1 aliphatic rings. The van der Waals surface area contributed by atoms with Crippen LogP contribution >= 0.6 is 11.6 Å². The highest BCUT2D eigenvalue weighted by Gasteiger charge is 2.33. The van der Waals surface area contributed by atoms with Crippen LogP contribution in [-0.2, 0) is 4.79 Å². The second-order valence-corrected chi connectivity index (χ2v) is 6.47. The summed E-state index contributed by atoms with van der Waals surface area (Å²) in [7, 11) is 2.09. The van der Waals surface area contributed by atoms with Crippen molar-refractivity contribution in [3.05, 3.63) is 53.3 Å². The molecule has 2 aromatic rings. The normalized spacial score (nSPS) is 20.5. The number of benzene rings is 1. The second kappa shape index (κ2) is 6.72. The Morgan fingerprint density at radius 2 is 2.04 bits per heavy atom. The zero-order valence-electron chi connectivity index (χ0n) is 13.4. The van der Waals surface area contributed by atoms with E-state index in [-0.39, 0.29) is 18.0 Å². The molecule has 122 valence electrons. The van der Waals surface area contributed by atoms with Crippen LogP contribution in [0, 0.1) is 0 Å². The molecule has 0 spiro atoms. The second-order valence-electron chi connectivity index (χ2n) is 6.03. The highest BCUT2D eigenvalue weighted by Crippen LogP contribution is 2.27. The highest BCUT2D eigenvalue weighted by molar-refractivity contribution is 6.30. The molecule has 1 fully saturated rings. The van der Waals surface area contributed by atoms with Gasteiger partial charge in [-0.3, -0.25) is 9.48 Å². The molecular formula is C17H21ClN4O. The van der Waals surface area contributed by atoms with Gasteiger partial charge in [0.05, 0.1) is 17.3 Å². The Morgan fingerprint density at radius 3 is 2.70 bits per heavy atom. The first-order chi connectivity index (χ1) is 11.1. The van der Waals surface area contributed by atoms with E-state index in [1.807, 2.05) is 30.0 Å². The van der Waals surface area contributed by atoms with Crippen LogP contribution in [-0.4, -0.2) is 52.2 Å². The summed E-state index contributed by atoms with van der Waals surface area (Å²) in [4.78, 5) is 17.2. The number of piperazine rings is 1. The van der Waals surface area contributed by atoms with Crippen molar-refractivity contribution < 1.29 is 4.79 Å². The average Bonchev–Trinajstić information content (AvgIpc) is 3.01. The minimum absolute atomic E-state index is 0.0657. The summed E-state index contributed by atoms with van der Waals surface area (Å²) >= 11 is 5.92. The van der Waals surface area contributed by atoms with Gasteiger partial charge in [0.1, 0.15) is 6.04 Å². The number of nitrogens with zero attached hydrogens (tertiary/aromatic N) is 4. The minimum atomic E-state index is -0.364. The number of rotatable bonds is 3. The van der Waals surface area contributed by atoms with Crippen LogP contribution in [0.4, 0.5) is 0 Å². The van der Waals surface area contributed by atoms with Crippen LogP contribution in [0.25, 0.3) is 0 Å². The Balaban J connectivity index is 1.84. The third-order valence-electron chi connectivity index (χ3n) is 4.38. The van der Waals surface area contributed by atoms with E-state index in [2.05, 4.69) is 29.2 Å². The van der Waals surface area contributed by atoms with Gasteiger partial charge in [0.25, 0.3) is 0 Å². The van der Waals surface area contributed by atoms with Gasteiger partial charge in [-0.25, -0.2) is 0 Å². The molecule has 0 radical (unpaired) electrons. The molecule has 0 aliphatic carbocycles. The maximum atomic E-state index is 13.0. The zero-order valence-corrected chi connectivity index (χ0v) is 14.1. The molecule has 2 atom stereocenters. The predicted molar refractivity (Wildman–Crippen MR) is 90.3 cm³/mol. The lowest BCUT2D eigenvalue weighted by Crippen LogP contribution is -2.50. The lowest BCUT2D eigenvalue weighted by Gasteiger charge is -2.41. The van der Waals surface area contributed by atoms with E-state index >= 15 is 0 Å². The monoisotopic (exact) mass is 332 g/mol. The molecule has 23 heavy (non-hydrogen) atoms. The summed E-state index contributed by atoms with van der Waals surface area (Å²) in [6.45, 7) is 4.30. The Bertz CT molecular complexity index is 672. The Labute approximate surface area is 141 Å². The van der Waals surface area contributed by atoms with Crippen LogP contribution in [0.2, 0.25) is 5.02 Å². The number of hydrogen-bond acceptors (Lipinski definition) is 3. The fraction of sp³-hybridized carbons (Fsp3) is 0.412. The largest absolute Gasteiger partial charge is 0.331 e. The van der Waals surface area contributed by atoms with E-state index in [1.54, 1.807) is 17.1 Å².